The van der Waals surface area contributed by atoms with Crippen molar-refractivity contribution >= 4 is 11.9 Å². The predicted molar refractivity (Wildman–Crippen MR) is 146 cm³/mol. The van der Waals surface area contributed by atoms with E-state index in [4.69, 9.17) is 5.11 Å². The molecule has 0 aliphatic rings. The number of carboxylic acid groups (broad SMARTS) is 1. The van der Waals surface area contributed by atoms with E-state index in [1.807, 2.05) is 57.6 Å². The first-order chi connectivity index (χ1) is 17.2. The van der Waals surface area contributed by atoms with Crippen LogP contribution >= 0.6 is 0 Å². The van der Waals surface area contributed by atoms with Crippen LogP contribution in [-0.4, -0.2) is 44.9 Å². The Kier molecular flexibility index (Phi) is 10.8. The minimum absolute atomic E-state index is 0.0428. The smallest absolute Gasteiger partial charge is 0.305 e. The van der Waals surface area contributed by atoms with Gasteiger partial charge in [0.05, 0.1) is 6.42 Å². The third kappa shape index (κ3) is 8.01. The van der Waals surface area contributed by atoms with Crippen molar-refractivity contribution < 1.29 is 14.7 Å². The lowest BCUT2D eigenvalue weighted by Crippen LogP contribution is -2.33. The third-order valence-electron chi connectivity index (χ3n) is 5.73. The Morgan fingerprint density at radius 1 is 0.889 bits per heavy atom. The molecule has 3 aromatic rings. The quantitative estimate of drug-likeness (QED) is 0.355. The van der Waals surface area contributed by atoms with Crippen molar-refractivity contribution in [2.24, 2.45) is 0 Å². The Balaban J connectivity index is 0.00000222. The van der Waals surface area contributed by atoms with E-state index in [0.29, 0.717) is 12.1 Å². The number of carbonyl (C=O) groups excluding carboxylic acids is 1. The average molecular weight is 490 g/mol. The fourth-order valence-electron chi connectivity index (χ4n) is 3.66. The van der Waals surface area contributed by atoms with Crippen LogP contribution in [-0.2, 0) is 10.2 Å². The number of aliphatic carboxylic acids is 1. The van der Waals surface area contributed by atoms with Crippen molar-refractivity contribution in [2.45, 2.75) is 66.2 Å². The highest BCUT2D eigenvalue weighted by Crippen LogP contribution is 2.28. The summed E-state index contributed by atoms with van der Waals surface area (Å²) in [6.07, 6.45) is 7.21. The van der Waals surface area contributed by atoms with E-state index in [-0.39, 0.29) is 24.3 Å². The van der Waals surface area contributed by atoms with Gasteiger partial charge in [0, 0.05) is 59.5 Å². The normalized spacial score (nSPS) is 10.8. The Hall–Kier alpha value is -3.54. The topological polar surface area (TPSA) is 83.4 Å². The summed E-state index contributed by atoms with van der Waals surface area (Å²) in [7, 11) is 0. The summed E-state index contributed by atoms with van der Waals surface area (Å²) in [6.45, 7) is 13.2. The monoisotopic (exact) mass is 489 g/mol. The molecule has 3 rings (SSSR count). The summed E-state index contributed by atoms with van der Waals surface area (Å²) in [6, 6.07) is 13.6. The molecule has 1 amide bonds. The highest BCUT2D eigenvalue weighted by atomic mass is 16.4. The number of hydrogen-bond donors (Lipinski definition) is 1. The maximum atomic E-state index is 13.0. The summed E-state index contributed by atoms with van der Waals surface area (Å²) in [5.41, 5.74) is 5.52. The molecular weight excluding hydrogens is 450 g/mol. The predicted octanol–water partition coefficient (Wildman–Crippen LogP) is 6.85. The van der Waals surface area contributed by atoms with Gasteiger partial charge in [-0.05, 0) is 47.9 Å². The number of carbonyl (C=O) groups is 2. The number of rotatable bonds is 9. The molecule has 0 saturated carbocycles. The molecule has 2 heterocycles. The highest BCUT2D eigenvalue weighted by Gasteiger charge is 2.18. The lowest BCUT2D eigenvalue weighted by molar-refractivity contribution is -0.137. The molecule has 0 spiro atoms. The van der Waals surface area contributed by atoms with Crippen LogP contribution in [0.3, 0.4) is 0 Å². The van der Waals surface area contributed by atoms with Crippen LogP contribution in [0.5, 0.6) is 0 Å². The van der Waals surface area contributed by atoms with E-state index >= 15 is 0 Å². The second kappa shape index (κ2) is 13.5. The van der Waals surface area contributed by atoms with Gasteiger partial charge in [-0.1, -0.05) is 60.1 Å². The van der Waals surface area contributed by atoms with E-state index in [0.717, 1.165) is 40.8 Å². The van der Waals surface area contributed by atoms with Crippen molar-refractivity contribution in [3.05, 3.63) is 72.3 Å². The molecule has 1 aromatic carbocycles. The molecule has 6 heteroatoms. The SMILES string of the molecule is CC.CCCCN(CCC(=O)O)C(=O)c1ccc(-c2cncc(-c3ccnc(C(C)(C)C)c3)c2)cc1. The molecular formula is C30H39N3O3. The van der Waals surface area contributed by atoms with Crippen LogP contribution in [0.1, 0.15) is 76.9 Å². The van der Waals surface area contributed by atoms with Crippen molar-refractivity contribution in [1.82, 2.24) is 14.9 Å². The zero-order valence-corrected chi connectivity index (χ0v) is 22.4. The van der Waals surface area contributed by atoms with Gasteiger partial charge in [0.2, 0.25) is 0 Å². The van der Waals surface area contributed by atoms with Crippen LogP contribution < -0.4 is 0 Å². The van der Waals surface area contributed by atoms with Gasteiger partial charge in [0.25, 0.3) is 5.91 Å². The fourth-order valence-corrected chi connectivity index (χ4v) is 3.66. The number of unbranched alkanes of at least 4 members (excludes halogenated alkanes) is 1. The zero-order valence-electron chi connectivity index (χ0n) is 22.4. The molecule has 36 heavy (non-hydrogen) atoms. The van der Waals surface area contributed by atoms with Gasteiger partial charge in [-0.3, -0.25) is 19.6 Å². The number of aromatic nitrogens is 2. The zero-order chi connectivity index (χ0) is 26.7. The van der Waals surface area contributed by atoms with Crippen LogP contribution in [0.4, 0.5) is 0 Å². The van der Waals surface area contributed by atoms with Crippen LogP contribution in [0.25, 0.3) is 22.3 Å². The molecule has 1 N–H and O–H groups in total. The molecule has 2 aromatic heterocycles. The van der Waals surface area contributed by atoms with E-state index in [2.05, 4.69) is 42.9 Å². The Bertz CT molecular complexity index is 1130. The first kappa shape index (κ1) is 28.7. The van der Waals surface area contributed by atoms with Crippen LogP contribution in [0, 0.1) is 0 Å². The largest absolute Gasteiger partial charge is 0.481 e. The van der Waals surface area contributed by atoms with Gasteiger partial charge >= 0.3 is 5.97 Å². The first-order valence-electron chi connectivity index (χ1n) is 12.7. The van der Waals surface area contributed by atoms with Crippen molar-refractivity contribution in [1.29, 1.82) is 0 Å². The minimum atomic E-state index is -0.902. The second-order valence-corrected chi connectivity index (χ2v) is 9.51. The van der Waals surface area contributed by atoms with Crippen LogP contribution in [0.2, 0.25) is 0 Å². The lowest BCUT2D eigenvalue weighted by atomic mass is 9.90. The van der Waals surface area contributed by atoms with Gasteiger partial charge in [-0.2, -0.15) is 0 Å². The summed E-state index contributed by atoms with van der Waals surface area (Å²) in [5.74, 6) is -1.04. The molecule has 0 atom stereocenters. The standard InChI is InChI=1S/C28H33N3O3.C2H6/c1-5-6-14-31(15-12-26(32)33)27(34)21-9-7-20(8-10-21)23-16-24(19-29-18-23)22-11-13-30-25(17-22)28(2,3)4;1-2/h7-11,13,16-19H,5-6,12,14-15H2,1-4H3,(H,32,33);1-2H3. The van der Waals surface area contributed by atoms with E-state index in [1.165, 1.54) is 0 Å². The second-order valence-electron chi connectivity index (χ2n) is 9.51. The summed E-state index contributed by atoms with van der Waals surface area (Å²) < 4.78 is 0. The third-order valence-corrected chi connectivity index (χ3v) is 5.73. The summed E-state index contributed by atoms with van der Waals surface area (Å²) in [5, 5.41) is 9.01. The Morgan fingerprint density at radius 3 is 2.11 bits per heavy atom. The molecule has 6 nitrogen and oxygen atoms in total. The summed E-state index contributed by atoms with van der Waals surface area (Å²) in [4.78, 5) is 34.5. The molecule has 0 aliphatic carbocycles. The fraction of sp³-hybridized carbons (Fsp3) is 0.400. The maximum Gasteiger partial charge on any atom is 0.305 e. The average Bonchev–Trinajstić information content (AvgIpc) is 2.89. The molecule has 192 valence electrons. The molecule has 0 fully saturated rings. The number of hydrogen-bond acceptors (Lipinski definition) is 4. The van der Waals surface area contributed by atoms with E-state index < -0.39 is 5.97 Å². The lowest BCUT2D eigenvalue weighted by Gasteiger charge is -2.22. The minimum Gasteiger partial charge on any atom is -0.481 e. The highest BCUT2D eigenvalue weighted by molar-refractivity contribution is 5.95. The van der Waals surface area contributed by atoms with Gasteiger partial charge in [0.15, 0.2) is 0 Å². The Morgan fingerprint density at radius 2 is 1.53 bits per heavy atom. The van der Waals surface area contributed by atoms with Crippen molar-refractivity contribution in [3.8, 4) is 22.3 Å². The van der Waals surface area contributed by atoms with Crippen LogP contribution in [0.15, 0.2) is 61.1 Å². The number of benzene rings is 1. The number of nitrogens with zero attached hydrogens (tertiary/aromatic N) is 3. The van der Waals surface area contributed by atoms with Gasteiger partial charge in [0.1, 0.15) is 0 Å². The number of amides is 1. The number of pyridine rings is 2. The first-order valence-corrected chi connectivity index (χ1v) is 12.7. The molecule has 0 unspecified atom stereocenters. The summed E-state index contributed by atoms with van der Waals surface area (Å²) >= 11 is 0. The molecule has 0 bridgehead atoms. The molecule has 0 aliphatic heterocycles. The Labute approximate surface area is 215 Å². The van der Waals surface area contributed by atoms with Gasteiger partial charge in [-0.25, -0.2) is 0 Å². The van der Waals surface area contributed by atoms with E-state index in [9.17, 15) is 9.59 Å². The van der Waals surface area contributed by atoms with Crippen molar-refractivity contribution in [3.63, 3.8) is 0 Å². The van der Waals surface area contributed by atoms with Gasteiger partial charge < -0.3 is 10.0 Å². The maximum absolute atomic E-state index is 13.0. The molecule has 0 saturated heterocycles. The molecule has 0 radical (unpaired) electrons. The van der Waals surface area contributed by atoms with E-state index in [1.54, 1.807) is 17.0 Å². The van der Waals surface area contributed by atoms with Crippen molar-refractivity contribution in [2.75, 3.05) is 13.1 Å². The number of carboxylic acids is 1. The van der Waals surface area contributed by atoms with Gasteiger partial charge in [-0.15, -0.1) is 0 Å².